The van der Waals surface area contributed by atoms with Gasteiger partial charge in [0, 0.05) is 31.7 Å². The predicted molar refractivity (Wildman–Crippen MR) is 131 cm³/mol. The molecule has 2 N–H and O–H groups in total. The van der Waals surface area contributed by atoms with Gasteiger partial charge in [0.25, 0.3) is 11.8 Å². The minimum Gasteiger partial charge on any atom is -0.444 e. The van der Waals surface area contributed by atoms with Gasteiger partial charge >= 0.3 is 6.09 Å². The number of nitrogens with one attached hydrogen (secondary N) is 2. The molecule has 0 aliphatic carbocycles. The Hall–Kier alpha value is -3.43. The van der Waals surface area contributed by atoms with Crippen LogP contribution in [0.4, 0.5) is 10.5 Å². The summed E-state index contributed by atoms with van der Waals surface area (Å²) >= 11 is 0. The number of ether oxygens (including phenoxy) is 1. The summed E-state index contributed by atoms with van der Waals surface area (Å²) in [5.74, 6) is -1.41. The maximum atomic E-state index is 13.3. The van der Waals surface area contributed by atoms with Crippen molar-refractivity contribution in [2.24, 2.45) is 11.8 Å². The number of hydrogen-bond acceptors (Lipinski definition) is 7. The second kappa shape index (κ2) is 9.91. The van der Waals surface area contributed by atoms with Crippen molar-refractivity contribution < 1.29 is 28.7 Å². The lowest BCUT2D eigenvalue weighted by atomic mass is 9.85. The molecule has 0 aromatic heterocycles. The van der Waals surface area contributed by atoms with Gasteiger partial charge in [-0.25, -0.2) is 4.79 Å². The maximum absolute atomic E-state index is 13.3. The normalized spacial score (nSPS) is 21.8. The van der Waals surface area contributed by atoms with Gasteiger partial charge in [0.05, 0.1) is 11.1 Å². The number of hydrogen-bond donors (Lipinski definition) is 2. The van der Waals surface area contributed by atoms with Crippen LogP contribution in [0.1, 0.15) is 74.1 Å². The zero-order valence-corrected chi connectivity index (χ0v) is 21.3. The van der Waals surface area contributed by atoms with E-state index in [1.165, 1.54) is 0 Å². The van der Waals surface area contributed by atoms with Gasteiger partial charge in [-0.3, -0.25) is 29.4 Å². The number of carbonyl (C=O) groups excluding carboxylic acids is 5. The first-order valence-electron chi connectivity index (χ1n) is 12.5. The highest BCUT2D eigenvalue weighted by Crippen LogP contribution is 2.33. The van der Waals surface area contributed by atoms with Crippen LogP contribution >= 0.6 is 0 Å². The number of benzene rings is 1. The molecule has 2 atom stereocenters. The molecule has 10 nitrogen and oxygen atoms in total. The second-order valence-electron chi connectivity index (χ2n) is 10.8. The fourth-order valence-corrected chi connectivity index (χ4v) is 5.08. The van der Waals surface area contributed by atoms with E-state index in [2.05, 4.69) is 17.6 Å². The highest BCUT2D eigenvalue weighted by molar-refractivity contribution is 6.25. The minimum atomic E-state index is -0.989. The summed E-state index contributed by atoms with van der Waals surface area (Å²) in [4.78, 5) is 65.1. The first kappa shape index (κ1) is 25.7. The molecule has 0 bridgehead atoms. The number of rotatable bonds is 5. The zero-order valence-electron chi connectivity index (χ0n) is 21.3. The van der Waals surface area contributed by atoms with Gasteiger partial charge in [0.2, 0.25) is 11.8 Å². The number of carbonyl (C=O) groups is 5. The van der Waals surface area contributed by atoms with Gasteiger partial charge in [-0.15, -0.1) is 0 Å². The maximum Gasteiger partial charge on any atom is 0.410 e. The van der Waals surface area contributed by atoms with Crippen LogP contribution in [0.3, 0.4) is 0 Å². The second-order valence-corrected chi connectivity index (χ2v) is 10.8. The van der Waals surface area contributed by atoms with Crippen molar-refractivity contribution in [1.29, 1.82) is 0 Å². The van der Waals surface area contributed by atoms with Crippen molar-refractivity contribution in [2.45, 2.75) is 65.0 Å². The van der Waals surface area contributed by atoms with Crippen molar-refractivity contribution in [1.82, 2.24) is 15.1 Å². The number of piperidine rings is 2. The quantitative estimate of drug-likeness (QED) is 0.598. The molecule has 2 saturated heterocycles. The number of imide groups is 2. The SMILES string of the molecule is C[C@@H](CNc1cccc2c1C(=O)N(C1CCC(=O)NC1=O)C2=O)C1CCN(C(=O)OC(C)(C)C)CC1. The first-order chi connectivity index (χ1) is 17.0. The van der Waals surface area contributed by atoms with Crippen LogP contribution in [-0.4, -0.2) is 70.8 Å². The smallest absolute Gasteiger partial charge is 0.410 e. The third-order valence-corrected chi connectivity index (χ3v) is 7.08. The Morgan fingerprint density at radius 1 is 1.11 bits per heavy atom. The molecule has 194 valence electrons. The highest BCUT2D eigenvalue weighted by Gasteiger charge is 2.45. The van der Waals surface area contributed by atoms with Crippen LogP contribution in [0.5, 0.6) is 0 Å². The molecule has 5 amide bonds. The monoisotopic (exact) mass is 498 g/mol. The highest BCUT2D eigenvalue weighted by atomic mass is 16.6. The number of anilines is 1. The van der Waals surface area contributed by atoms with Gasteiger partial charge < -0.3 is 15.0 Å². The molecule has 2 fully saturated rings. The largest absolute Gasteiger partial charge is 0.444 e. The van der Waals surface area contributed by atoms with E-state index in [9.17, 15) is 24.0 Å². The Kier molecular flexibility index (Phi) is 7.06. The van der Waals surface area contributed by atoms with Crippen LogP contribution < -0.4 is 10.6 Å². The molecule has 1 aromatic carbocycles. The lowest BCUT2D eigenvalue weighted by Crippen LogP contribution is -2.54. The summed E-state index contributed by atoms with van der Waals surface area (Å²) in [7, 11) is 0. The fraction of sp³-hybridized carbons (Fsp3) is 0.577. The van der Waals surface area contributed by atoms with Gasteiger partial charge in [-0.2, -0.15) is 0 Å². The molecular formula is C26H34N4O6. The van der Waals surface area contributed by atoms with Crippen molar-refractivity contribution in [3.63, 3.8) is 0 Å². The fourth-order valence-electron chi connectivity index (χ4n) is 5.08. The average molecular weight is 499 g/mol. The van der Waals surface area contributed by atoms with E-state index in [1.807, 2.05) is 20.8 Å². The van der Waals surface area contributed by atoms with Crippen LogP contribution in [0, 0.1) is 11.8 Å². The summed E-state index contributed by atoms with van der Waals surface area (Å²) in [6.07, 6.45) is 1.64. The summed E-state index contributed by atoms with van der Waals surface area (Å²) in [5, 5.41) is 5.55. The molecule has 1 aromatic rings. The summed E-state index contributed by atoms with van der Waals surface area (Å²) in [6, 6.07) is 4.07. The lowest BCUT2D eigenvalue weighted by molar-refractivity contribution is -0.136. The van der Waals surface area contributed by atoms with E-state index in [0.717, 1.165) is 17.7 Å². The molecule has 0 radical (unpaired) electrons. The van der Waals surface area contributed by atoms with Crippen LogP contribution in [0.2, 0.25) is 0 Å². The number of fused-ring (bicyclic) bond motifs is 1. The lowest BCUT2D eigenvalue weighted by Gasteiger charge is -2.36. The van der Waals surface area contributed by atoms with Crippen molar-refractivity contribution >= 4 is 35.4 Å². The number of amides is 5. The topological polar surface area (TPSA) is 125 Å². The molecule has 4 rings (SSSR count). The van der Waals surface area contributed by atoms with E-state index < -0.39 is 35.3 Å². The van der Waals surface area contributed by atoms with Gasteiger partial charge in [-0.05, 0) is 64.0 Å². The number of likely N-dealkylation sites (tertiary alicyclic amines) is 1. The Morgan fingerprint density at radius 3 is 2.44 bits per heavy atom. The molecule has 0 spiro atoms. The summed E-state index contributed by atoms with van der Waals surface area (Å²) in [5.41, 5.74) is 0.555. The van der Waals surface area contributed by atoms with Crippen LogP contribution in [0.15, 0.2) is 18.2 Å². The van der Waals surface area contributed by atoms with Crippen LogP contribution in [-0.2, 0) is 14.3 Å². The third-order valence-electron chi connectivity index (χ3n) is 7.08. The van der Waals surface area contributed by atoms with E-state index in [4.69, 9.17) is 4.74 Å². The molecule has 3 heterocycles. The molecule has 3 aliphatic heterocycles. The van der Waals surface area contributed by atoms with Crippen molar-refractivity contribution in [3.05, 3.63) is 29.3 Å². The first-order valence-corrected chi connectivity index (χ1v) is 12.5. The average Bonchev–Trinajstić information content (AvgIpc) is 3.07. The van der Waals surface area contributed by atoms with Gasteiger partial charge in [0.15, 0.2) is 0 Å². The summed E-state index contributed by atoms with van der Waals surface area (Å²) in [6.45, 7) is 9.56. The van der Waals surface area contributed by atoms with Crippen molar-refractivity contribution in [3.8, 4) is 0 Å². The molecule has 36 heavy (non-hydrogen) atoms. The molecular weight excluding hydrogens is 464 g/mol. The minimum absolute atomic E-state index is 0.0825. The Bertz CT molecular complexity index is 1090. The molecule has 3 aliphatic rings. The van der Waals surface area contributed by atoms with Gasteiger partial charge in [-0.1, -0.05) is 13.0 Å². The van der Waals surface area contributed by atoms with E-state index in [0.29, 0.717) is 31.2 Å². The standard InChI is InChI=1S/C26H34N4O6/c1-15(16-10-12-29(13-11-16)25(35)36-26(2,3)4)14-27-18-7-5-6-17-21(18)24(34)30(23(17)33)19-8-9-20(31)28-22(19)32/h5-7,15-16,19,27H,8-14H2,1-4H3,(H,28,31,32)/t15-,19?/m0/s1. The molecule has 0 saturated carbocycles. The Labute approximate surface area is 210 Å². The Morgan fingerprint density at radius 2 is 1.81 bits per heavy atom. The van der Waals surface area contributed by atoms with E-state index in [-0.39, 0.29) is 36.0 Å². The van der Waals surface area contributed by atoms with E-state index >= 15 is 0 Å². The molecule has 10 heteroatoms. The predicted octanol–water partition coefficient (Wildman–Crippen LogP) is 2.78. The van der Waals surface area contributed by atoms with E-state index in [1.54, 1.807) is 23.1 Å². The number of nitrogens with zero attached hydrogens (tertiary/aromatic N) is 2. The van der Waals surface area contributed by atoms with Crippen molar-refractivity contribution in [2.75, 3.05) is 25.0 Å². The molecule has 1 unspecified atom stereocenters. The van der Waals surface area contributed by atoms with Gasteiger partial charge in [0.1, 0.15) is 11.6 Å². The Balaban J connectivity index is 1.37. The van der Waals surface area contributed by atoms with Crippen LogP contribution in [0.25, 0.3) is 0 Å². The summed E-state index contributed by atoms with van der Waals surface area (Å²) < 4.78 is 5.47. The third kappa shape index (κ3) is 5.22. The zero-order chi connectivity index (χ0) is 26.2.